The zero-order valence-electron chi connectivity index (χ0n) is 15.0. The Bertz CT molecular complexity index is 928. The number of para-hydroxylation sites is 1. The number of hydrogen-bond acceptors (Lipinski definition) is 6. The summed E-state index contributed by atoms with van der Waals surface area (Å²) in [7, 11) is -3.93. The summed E-state index contributed by atoms with van der Waals surface area (Å²) in [5.74, 6) is 0.238. The Morgan fingerprint density at radius 1 is 1.04 bits per heavy atom. The Morgan fingerprint density at radius 2 is 1.68 bits per heavy atom. The van der Waals surface area contributed by atoms with Crippen LogP contribution in [0.2, 0.25) is 0 Å². The molecule has 0 atom stereocenters. The number of halogens is 1. The van der Waals surface area contributed by atoms with Crippen LogP contribution in [0.1, 0.15) is 0 Å². The Balaban J connectivity index is 1.54. The van der Waals surface area contributed by atoms with Gasteiger partial charge in [-0.2, -0.15) is 4.31 Å². The quantitative estimate of drug-likeness (QED) is 0.514. The van der Waals surface area contributed by atoms with E-state index in [2.05, 4.69) is 4.90 Å². The van der Waals surface area contributed by atoms with Crippen LogP contribution in [0.4, 0.5) is 10.1 Å². The molecule has 150 valence electrons. The fourth-order valence-electron chi connectivity index (χ4n) is 2.98. The van der Waals surface area contributed by atoms with Crippen LogP contribution in [0.5, 0.6) is 5.75 Å². The van der Waals surface area contributed by atoms with Gasteiger partial charge in [0.25, 0.3) is 5.69 Å². The Morgan fingerprint density at radius 3 is 2.32 bits per heavy atom. The van der Waals surface area contributed by atoms with Gasteiger partial charge in [0.1, 0.15) is 18.2 Å². The zero-order valence-corrected chi connectivity index (χ0v) is 15.8. The molecule has 28 heavy (non-hydrogen) atoms. The zero-order chi connectivity index (χ0) is 20.1. The molecule has 0 aliphatic carbocycles. The van der Waals surface area contributed by atoms with Crippen LogP contribution >= 0.6 is 0 Å². The number of nitro groups is 1. The lowest BCUT2D eigenvalue weighted by molar-refractivity contribution is -0.387. The minimum absolute atomic E-state index is 0.241. The Hall–Kier alpha value is -2.56. The molecule has 0 saturated carbocycles. The van der Waals surface area contributed by atoms with Crippen molar-refractivity contribution in [2.75, 3.05) is 39.3 Å². The van der Waals surface area contributed by atoms with Crippen molar-refractivity contribution in [1.29, 1.82) is 0 Å². The molecule has 0 bridgehead atoms. The van der Waals surface area contributed by atoms with Gasteiger partial charge in [-0.15, -0.1) is 0 Å². The molecule has 0 spiro atoms. The van der Waals surface area contributed by atoms with Crippen LogP contribution in [0, 0.1) is 15.9 Å². The van der Waals surface area contributed by atoms with Crippen molar-refractivity contribution in [2.45, 2.75) is 4.90 Å². The summed E-state index contributed by atoms with van der Waals surface area (Å²) in [6.45, 7) is 2.45. The molecule has 0 N–H and O–H groups in total. The summed E-state index contributed by atoms with van der Waals surface area (Å²) in [6.07, 6.45) is 0. The van der Waals surface area contributed by atoms with Crippen LogP contribution in [0.15, 0.2) is 53.4 Å². The number of nitrogens with zero attached hydrogens (tertiary/aromatic N) is 3. The number of sulfonamides is 1. The topological polar surface area (TPSA) is 93.0 Å². The molecule has 1 aliphatic heterocycles. The standard InChI is InChI=1S/C18H20FN3O5S/c19-15-5-7-16(8-6-15)27-14-13-20-9-11-21(12-10-20)28(25,26)18-4-2-1-3-17(18)22(23)24/h1-8H,9-14H2. The molecule has 3 rings (SSSR count). The van der Waals surface area contributed by atoms with Gasteiger partial charge < -0.3 is 4.74 Å². The van der Waals surface area contributed by atoms with Gasteiger partial charge in [0, 0.05) is 38.8 Å². The van der Waals surface area contributed by atoms with E-state index in [1.165, 1.54) is 40.7 Å². The van der Waals surface area contributed by atoms with E-state index in [9.17, 15) is 22.9 Å². The Labute approximate surface area is 162 Å². The van der Waals surface area contributed by atoms with Crippen LogP contribution < -0.4 is 4.74 Å². The van der Waals surface area contributed by atoms with E-state index in [0.29, 0.717) is 32.0 Å². The van der Waals surface area contributed by atoms with Crippen molar-refractivity contribution in [3.63, 3.8) is 0 Å². The normalized spacial score (nSPS) is 16.0. The molecule has 8 nitrogen and oxygen atoms in total. The lowest BCUT2D eigenvalue weighted by Gasteiger charge is -2.33. The van der Waals surface area contributed by atoms with E-state index in [4.69, 9.17) is 4.74 Å². The molecule has 0 amide bonds. The van der Waals surface area contributed by atoms with Crippen molar-refractivity contribution in [3.8, 4) is 5.75 Å². The second-order valence-corrected chi connectivity index (χ2v) is 8.18. The van der Waals surface area contributed by atoms with Crippen molar-refractivity contribution in [2.24, 2.45) is 0 Å². The van der Waals surface area contributed by atoms with E-state index in [-0.39, 0.29) is 23.8 Å². The fraction of sp³-hybridized carbons (Fsp3) is 0.333. The van der Waals surface area contributed by atoms with E-state index in [0.717, 1.165) is 0 Å². The number of nitro benzene ring substituents is 1. The first-order valence-electron chi connectivity index (χ1n) is 8.72. The molecule has 2 aromatic carbocycles. The van der Waals surface area contributed by atoms with Gasteiger partial charge >= 0.3 is 0 Å². The maximum Gasteiger partial charge on any atom is 0.289 e. The summed E-state index contributed by atoms with van der Waals surface area (Å²) < 4.78 is 45.3. The number of benzene rings is 2. The van der Waals surface area contributed by atoms with Crippen LogP contribution in [-0.2, 0) is 10.0 Å². The van der Waals surface area contributed by atoms with Crippen molar-refractivity contribution < 1.29 is 22.5 Å². The summed E-state index contributed by atoms with van der Waals surface area (Å²) in [5, 5.41) is 11.1. The second kappa shape index (κ2) is 8.63. The van der Waals surface area contributed by atoms with Gasteiger partial charge in [0.2, 0.25) is 10.0 Å². The molecular formula is C18H20FN3O5S. The minimum atomic E-state index is -3.93. The van der Waals surface area contributed by atoms with Crippen molar-refractivity contribution >= 4 is 15.7 Å². The SMILES string of the molecule is O=[N+]([O-])c1ccccc1S(=O)(=O)N1CCN(CCOc2ccc(F)cc2)CC1. The molecule has 0 unspecified atom stereocenters. The molecule has 1 heterocycles. The Kier molecular flexibility index (Phi) is 6.22. The first-order valence-corrected chi connectivity index (χ1v) is 10.2. The van der Waals surface area contributed by atoms with Gasteiger partial charge in [0.05, 0.1) is 4.92 Å². The number of ether oxygens (including phenoxy) is 1. The van der Waals surface area contributed by atoms with E-state index in [1.54, 1.807) is 12.1 Å². The van der Waals surface area contributed by atoms with Crippen molar-refractivity contribution in [3.05, 3.63) is 64.5 Å². The smallest absolute Gasteiger partial charge is 0.289 e. The lowest BCUT2D eigenvalue weighted by atomic mass is 10.3. The molecule has 0 aromatic heterocycles. The molecule has 1 saturated heterocycles. The van der Waals surface area contributed by atoms with Crippen LogP contribution in [-0.4, -0.2) is 61.9 Å². The number of piperazine rings is 1. The summed E-state index contributed by atoms with van der Waals surface area (Å²) in [6, 6.07) is 11.1. The highest BCUT2D eigenvalue weighted by molar-refractivity contribution is 7.89. The molecule has 10 heteroatoms. The van der Waals surface area contributed by atoms with Crippen LogP contribution in [0.25, 0.3) is 0 Å². The third-order valence-electron chi connectivity index (χ3n) is 4.50. The third kappa shape index (κ3) is 4.64. The first-order chi connectivity index (χ1) is 13.4. The summed E-state index contributed by atoms with van der Waals surface area (Å²) in [5.41, 5.74) is -0.419. The predicted octanol–water partition coefficient (Wildman–Crippen LogP) is 2.12. The highest BCUT2D eigenvalue weighted by Crippen LogP contribution is 2.26. The molecule has 2 aromatic rings. The van der Waals surface area contributed by atoms with Crippen molar-refractivity contribution in [1.82, 2.24) is 9.21 Å². The molecule has 1 aliphatic rings. The minimum Gasteiger partial charge on any atom is -0.492 e. The summed E-state index contributed by atoms with van der Waals surface area (Å²) >= 11 is 0. The third-order valence-corrected chi connectivity index (χ3v) is 6.45. The second-order valence-electron chi connectivity index (χ2n) is 6.27. The van der Waals surface area contributed by atoms with E-state index < -0.39 is 20.6 Å². The first kappa shape index (κ1) is 20.2. The largest absolute Gasteiger partial charge is 0.492 e. The van der Waals surface area contributed by atoms with Gasteiger partial charge in [0.15, 0.2) is 4.90 Å². The van der Waals surface area contributed by atoms with Gasteiger partial charge in [-0.25, -0.2) is 12.8 Å². The maximum atomic E-state index is 12.9. The number of hydrogen-bond donors (Lipinski definition) is 0. The lowest BCUT2D eigenvalue weighted by Crippen LogP contribution is -2.49. The average molecular weight is 409 g/mol. The number of rotatable bonds is 7. The molecule has 0 radical (unpaired) electrons. The predicted molar refractivity (Wildman–Crippen MR) is 100 cm³/mol. The van der Waals surface area contributed by atoms with E-state index in [1.807, 2.05) is 0 Å². The maximum absolute atomic E-state index is 12.9. The van der Waals surface area contributed by atoms with Gasteiger partial charge in [-0.1, -0.05) is 12.1 Å². The van der Waals surface area contributed by atoms with E-state index >= 15 is 0 Å². The molecular weight excluding hydrogens is 389 g/mol. The fourth-order valence-corrected chi connectivity index (χ4v) is 4.56. The van der Waals surface area contributed by atoms with Gasteiger partial charge in [-0.3, -0.25) is 15.0 Å². The van der Waals surface area contributed by atoms with Gasteiger partial charge in [-0.05, 0) is 30.3 Å². The average Bonchev–Trinajstić information content (AvgIpc) is 2.70. The molecule has 1 fully saturated rings. The highest BCUT2D eigenvalue weighted by Gasteiger charge is 2.33. The van der Waals surface area contributed by atoms with Crippen LogP contribution in [0.3, 0.4) is 0 Å². The monoisotopic (exact) mass is 409 g/mol. The summed E-state index contributed by atoms with van der Waals surface area (Å²) in [4.78, 5) is 12.2. The highest BCUT2D eigenvalue weighted by atomic mass is 32.2.